The predicted molar refractivity (Wildman–Crippen MR) is 70.7 cm³/mol. The van der Waals surface area contributed by atoms with Crippen molar-refractivity contribution in [2.75, 3.05) is 0 Å². The third-order valence-electron chi connectivity index (χ3n) is 2.95. The van der Waals surface area contributed by atoms with Gasteiger partial charge < -0.3 is 0 Å². The van der Waals surface area contributed by atoms with Crippen molar-refractivity contribution < 1.29 is 19.5 Å². The Morgan fingerprint density at radius 1 is 0.765 bits per heavy atom. The molecule has 0 nitrogen and oxygen atoms in total. The molecule has 0 aromatic carbocycles. The van der Waals surface area contributed by atoms with Gasteiger partial charge in [0.25, 0.3) is 0 Å². The van der Waals surface area contributed by atoms with Gasteiger partial charge in [-0.2, -0.15) is 0 Å². The van der Waals surface area contributed by atoms with E-state index in [0.29, 0.717) is 11.8 Å². The molecule has 3 aliphatic rings. The van der Waals surface area contributed by atoms with E-state index in [1.807, 2.05) is 30.7 Å². The molecule has 0 amide bonds. The molecule has 90 valence electrons. The maximum absolute atomic E-state index is 2.28. The third kappa shape index (κ3) is 4.09. The fourth-order valence-corrected chi connectivity index (χ4v) is 2.03. The van der Waals surface area contributed by atoms with Crippen LogP contribution in [0.1, 0.15) is 6.92 Å². The maximum atomic E-state index is 2.28. The largest absolute Gasteiger partial charge is 0.0767 e. The standard InChI is InChI=1S/C11H12.C5H5.Rh/c1-9-5-4-8-11(9)10-6-2-3-7-10;1-2-4-5-3-1;/h2-8,10-11H,1H3;1-5H;. The summed E-state index contributed by atoms with van der Waals surface area (Å²) in [5, 5.41) is 0. The first-order chi connectivity index (χ1) is 7.88. The van der Waals surface area contributed by atoms with E-state index in [4.69, 9.17) is 0 Å². The van der Waals surface area contributed by atoms with Gasteiger partial charge in [0.2, 0.25) is 0 Å². The van der Waals surface area contributed by atoms with E-state index in [1.54, 1.807) is 0 Å². The van der Waals surface area contributed by atoms with Gasteiger partial charge in [-0.3, -0.25) is 0 Å². The van der Waals surface area contributed by atoms with Gasteiger partial charge in [-0.15, -0.1) is 0 Å². The van der Waals surface area contributed by atoms with E-state index in [-0.39, 0.29) is 19.5 Å². The van der Waals surface area contributed by atoms with Crippen LogP contribution in [0.4, 0.5) is 0 Å². The van der Waals surface area contributed by atoms with Gasteiger partial charge in [-0.1, -0.05) is 72.4 Å². The van der Waals surface area contributed by atoms with Crippen molar-refractivity contribution in [3.8, 4) is 0 Å². The van der Waals surface area contributed by atoms with Crippen LogP contribution in [0.5, 0.6) is 0 Å². The van der Waals surface area contributed by atoms with Gasteiger partial charge >= 0.3 is 0 Å². The van der Waals surface area contributed by atoms with Crippen LogP contribution in [0, 0.1) is 18.3 Å². The normalized spacial score (nSPS) is 23.6. The van der Waals surface area contributed by atoms with Gasteiger partial charge in [0.15, 0.2) is 0 Å². The maximum Gasteiger partial charge on any atom is 0.00780 e. The number of hydrogen-bond donors (Lipinski definition) is 0. The van der Waals surface area contributed by atoms with Crippen LogP contribution in [0.3, 0.4) is 0 Å². The summed E-state index contributed by atoms with van der Waals surface area (Å²) in [5.74, 6) is 1.25. The average molecular weight is 312 g/mol. The number of hydrogen-bond acceptors (Lipinski definition) is 0. The van der Waals surface area contributed by atoms with Crippen LogP contribution in [-0.2, 0) is 19.5 Å². The second-order valence-electron chi connectivity index (χ2n) is 4.13. The SMILES string of the molecule is CC1=CC=CC1C1C=CC=C1.[CH]1C=CC=C1.[Rh]. The van der Waals surface area contributed by atoms with E-state index in [9.17, 15) is 0 Å². The fourth-order valence-electron chi connectivity index (χ4n) is 2.03. The zero-order valence-corrected chi connectivity index (χ0v) is 11.6. The Labute approximate surface area is 117 Å². The van der Waals surface area contributed by atoms with E-state index in [1.165, 1.54) is 5.57 Å². The Morgan fingerprint density at radius 3 is 1.82 bits per heavy atom. The molecule has 3 aliphatic carbocycles. The minimum absolute atomic E-state index is 0. The van der Waals surface area contributed by atoms with E-state index in [0.717, 1.165) is 0 Å². The van der Waals surface area contributed by atoms with Gasteiger partial charge in [0.05, 0.1) is 0 Å². The Balaban J connectivity index is 0.000000205. The summed E-state index contributed by atoms with van der Waals surface area (Å²) in [6.07, 6.45) is 25.4. The topological polar surface area (TPSA) is 0 Å². The van der Waals surface area contributed by atoms with Crippen molar-refractivity contribution in [1.29, 1.82) is 0 Å². The molecule has 0 saturated heterocycles. The van der Waals surface area contributed by atoms with Crippen molar-refractivity contribution in [2.45, 2.75) is 6.92 Å². The van der Waals surface area contributed by atoms with Crippen molar-refractivity contribution in [1.82, 2.24) is 0 Å². The summed E-state index contributed by atoms with van der Waals surface area (Å²) in [7, 11) is 0. The molecule has 0 heterocycles. The van der Waals surface area contributed by atoms with Crippen LogP contribution >= 0.6 is 0 Å². The molecule has 2 radical (unpaired) electrons. The minimum atomic E-state index is 0. The second-order valence-corrected chi connectivity index (χ2v) is 4.13. The summed E-state index contributed by atoms with van der Waals surface area (Å²) in [4.78, 5) is 0. The monoisotopic (exact) mass is 312 g/mol. The molecule has 0 aromatic rings. The zero-order chi connectivity index (χ0) is 11.2. The molecule has 17 heavy (non-hydrogen) atoms. The smallest absolute Gasteiger partial charge is 0.00780 e. The first-order valence-electron chi connectivity index (χ1n) is 5.74. The average Bonchev–Trinajstić information content (AvgIpc) is 3.02. The van der Waals surface area contributed by atoms with Crippen LogP contribution in [0.15, 0.2) is 72.4 Å². The van der Waals surface area contributed by atoms with Crippen LogP contribution < -0.4 is 0 Å². The molecule has 0 N–H and O–H groups in total. The van der Waals surface area contributed by atoms with Gasteiger partial charge in [-0.25, -0.2) is 0 Å². The fraction of sp³-hybridized carbons (Fsp3) is 0.188. The Kier molecular flexibility index (Phi) is 6.15. The van der Waals surface area contributed by atoms with Gasteiger partial charge in [0, 0.05) is 37.7 Å². The van der Waals surface area contributed by atoms with E-state index < -0.39 is 0 Å². The molecule has 0 spiro atoms. The summed E-state index contributed by atoms with van der Waals surface area (Å²) in [5.41, 5.74) is 1.48. The summed E-state index contributed by atoms with van der Waals surface area (Å²) in [6, 6.07) is 0. The molecule has 0 fully saturated rings. The quantitative estimate of drug-likeness (QED) is 0.637. The molecule has 3 rings (SSSR count). The molecule has 0 aliphatic heterocycles. The Bertz CT molecular complexity index is 383. The minimum Gasteiger partial charge on any atom is -0.0767 e. The molecular formula is C16H17Rh. The molecule has 1 unspecified atom stereocenters. The first-order valence-corrected chi connectivity index (χ1v) is 5.74. The van der Waals surface area contributed by atoms with Gasteiger partial charge in [-0.05, 0) is 6.92 Å². The number of rotatable bonds is 1. The molecule has 1 atom stereocenters. The molecular weight excluding hydrogens is 295 g/mol. The van der Waals surface area contributed by atoms with Gasteiger partial charge in [0.1, 0.15) is 0 Å². The third-order valence-corrected chi connectivity index (χ3v) is 2.95. The predicted octanol–water partition coefficient (Wildman–Crippen LogP) is 4.18. The summed E-state index contributed by atoms with van der Waals surface area (Å²) < 4.78 is 0. The summed E-state index contributed by atoms with van der Waals surface area (Å²) in [6.45, 7) is 2.20. The van der Waals surface area contributed by atoms with Crippen molar-refractivity contribution in [2.24, 2.45) is 11.8 Å². The molecule has 0 bridgehead atoms. The second kappa shape index (κ2) is 7.40. The summed E-state index contributed by atoms with van der Waals surface area (Å²) >= 11 is 0. The zero-order valence-electron chi connectivity index (χ0n) is 9.92. The first kappa shape index (κ1) is 14.1. The molecule has 1 heteroatoms. The van der Waals surface area contributed by atoms with Crippen molar-refractivity contribution in [3.63, 3.8) is 0 Å². The van der Waals surface area contributed by atoms with Crippen molar-refractivity contribution >= 4 is 0 Å². The van der Waals surface area contributed by atoms with E-state index in [2.05, 4.69) is 49.5 Å². The van der Waals surface area contributed by atoms with Crippen LogP contribution in [0.25, 0.3) is 0 Å². The molecule has 0 saturated carbocycles. The van der Waals surface area contributed by atoms with Crippen LogP contribution in [0.2, 0.25) is 0 Å². The Hall–Kier alpha value is -0.937. The van der Waals surface area contributed by atoms with E-state index >= 15 is 0 Å². The molecule has 0 aromatic heterocycles. The Morgan fingerprint density at radius 2 is 1.41 bits per heavy atom. The number of allylic oxidation sites excluding steroid dienone is 12. The van der Waals surface area contributed by atoms with Crippen molar-refractivity contribution in [3.05, 3.63) is 78.8 Å². The van der Waals surface area contributed by atoms with Crippen LogP contribution in [-0.4, -0.2) is 0 Å².